The zero-order valence-electron chi connectivity index (χ0n) is 10.4. The molecule has 1 aromatic heterocycles. The second-order valence-corrected chi connectivity index (χ2v) is 6.25. The molecular weight excluding hydrogens is 262 g/mol. The lowest BCUT2D eigenvalue weighted by Gasteiger charge is -2.02. The van der Waals surface area contributed by atoms with Crippen molar-refractivity contribution in [2.24, 2.45) is 0 Å². The smallest absolute Gasteiger partial charge is 0.185 e. The minimum absolute atomic E-state index is 0.0901. The lowest BCUT2D eigenvalue weighted by molar-refractivity contribution is 0.0988. The number of Topliss-reactive ketones (excluding diaryl/α,β-unsaturated/α-hetero) is 1. The quantitative estimate of drug-likeness (QED) is 0.800. The summed E-state index contributed by atoms with van der Waals surface area (Å²) in [7, 11) is -3.20. The van der Waals surface area contributed by atoms with E-state index in [1.165, 1.54) is 12.1 Å². The molecule has 0 fully saturated rings. The molecule has 5 heteroatoms. The predicted octanol–water partition coefficient (Wildman–Crippen LogP) is 1.91. The van der Waals surface area contributed by atoms with Crippen LogP contribution in [0.4, 0.5) is 0 Å². The fraction of sp³-hybridized carbons (Fsp3) is 0.143. The Hall–Kier alpha value is -2.01. The maximum Gasteiger partial charge on any atom is 0.185 e. The number of ketones is 1. The summed E-state index contributed by atoms with van der Waals surface area (Å²) in [6, 6.07) is 11.5. The van der Waals surface area contributed by atoms with Crippen LogP contribution in [0, 0.1) is 0 Å². The van der Waals surface area contributed by atoms with E-state index in [1.807, 2.05) is 0 Å². The van der Waals surface area contributed by atoms with Gasteiger partial charge < -0.3 is 0 Å². The highest BCUT2D eigenvalue weighted by atomic mass is 32.2. The summed E-state index contributed by atoms with van der Waals surface area (Å²) in [5, 5.41) is 0. The number of sulfone groups is 1. The fourth-order valence-electron chi connectivity index (χ4n) is 1.66. The van der Waals surface area contributed by atoms with Crippen molar-refractivity contribution in [2.45, 2.75) is 11.3 Å². The molecule has 1 aromatic carbocycles. The van der Waals surface area contributed by atoms with E-state index in [0.29, 0.717) is 5.69 Å². The number of pyridine rings is 1. The van der Waals surface area contributed by atoms with Crippen LogP contribution in [-0.2, 0) is 16.3 Å². The predicted molar refractivity (Wildman–Crippen MR) is 71.8 cm³/mol. The van der Waals surface area contributed by atoms with E-state index in [9.17, 15) is 13.2 Å². The van der Waals surface area contributed by atoms with Gasteiger partial charge in [0.15, 0.2) is 15.6 Å². The summed E-state index contributed by atoms with van der Waals surface area (Å²) >= 11 is 0. The summed E-state index contributed by atoms with van der Waals surface area (Å²) in [4.78, 5) is 16.2. The van der Waals surface area contributed by atoms with Gasteiger partial charge >= 0.3 is 0 Å². The van der Waals surface area contributed by atoms with Crippen molar-refractivity contribution in [3.8, 4) is 0 Å². The lowest BCUT2D eigenvalue weighted by atomic mass is 10.1. The Morgan fingerprint density at radius 3 is 2.32 bits per heavy atom. The van der Waals surface area contributed by atoms with Gasteiger partial charge in [0.2, 0.25) is 0 Å². The zero-order valence-corrected chi connectivity index (χ0v) is 11.2. The highest BCUT2D eigenvalue weighted by Gasteiger charge is 2.10. The van der Waals surface area contributed by atoms with Gasteiger partial charge in [-0.1, -0.05) is 18.2 Å². The number of carbonyl (C=O) groups is 1. The SMILES string of the molecule is CS(=O)(=O)c1ccc(CC(=O)c2ccccn2)cc1. The van der Waals surface area contributed by atoms with Gasteiger partial charge in [-0.25, -0.2) is 8.42 Å². The maximum absolute atomic E-state index is 11.9. The van der Waals surface area contributed by atoms with E-state index < -0.39 is 9.84 Å². The van der Waals surface area contributed by atoms with E-state index in [0.717, 1.165) is 11.8 Å². The highest BCUT2D eigenvalue weighted by molar-refractivity contribution is 7.90. The number of rotatable bonds is 4. The first-order chi connectivity index (χ1) is 8.97. The Labute approximate surface area is 112 Å². The Bertz CT molecular complexity index is 676. The molecule has 0 saturated heterocycles. The maximum atomic E-state index is 11.9. The van der Waals surface area contributed by atoms with Gasteiger partial charge in [-0.2, -0.15) is 0 Å². The van der Waals surface area contributed by atoms with Crippen LogP contribution in [0.2, 0.25) is 0 Å². The Balaban J connectivity index is 2.15. The molecule has 0 N–H and O–H groups in total. The number of carbonyl (C=O) groups excluding carboxylic acids is 1. The van der Waals surface area contributed by atoms with Crippen LogP contribution in [0.1, 0.15) is 16.1 Å². The molecule has 0 spiro atoms. The molecule has 0 aliphatic heterocycles. The summed E-state index contributed by atoms with van der Waals surface area (Å²) < 4.78 is 22.6. The van der Waals surface area contributed by atoms with Crippen molar-refractivity contribution in [3.05, 3.63) is 59.9 Å². The van der Waals surface area contributed by atoms with Crippen LogP contribution in [0.15, 0.2) is 53.6 Å². The molecule has 0 unspecified atom stereocenters. The first-order valence-electron chi connectivity index (χ1n) is 5.70. The van der Waals surface area contributed by atoms with Crippen LogP contribution < -0.4 is 0 Å². The molecule has 0 amide bonds. The Morgan fingerprint density at radius 2 is 1.79 bits per heavy atom. The zero-order chi connectivity index (χ0) is 13.9. The third-order valence-corrected chi connectivity index (χ3v) is 3.80. The number of hydrogen-bond acceptors (Lipinski definition) is 4. The van der Waals surface area contributed by atoms with Gasteiger partial charge in [0.1, 0.15) is 5.69 Å². The molecule has 0 bridgehead atoms. The first kappa shape index (κ1) is 13.4. The number of aromatic nitrogens is 1. The minimum atomic E-state index is -3.20. The van der Waals surface area contributed by atoms with E-state index in [1.54, 1.807) is 36.5 Å². The molecule has 19 heavy (non-hydrogen) atoms. The third-order valence-electron chi connectivity index (χ3n) is 2.67. The van der Waals surface area contributed by atoms with E-state index in [4.69, 9.17) is 0 Å². The second kappa shape index (κ2) is 5.32. The van der Waals surface area contributed by atoms with Crippen molar-refractivity contribution in [2.75, 3.05) is 6.26 Å². The van der Waals surface area contributed by atoms with Crippen molar-refractivity contribution >= 4 is 15.6 Å². The van der Waals surface area contributed by atoms with E-state index >= 15 is 0 Å². The molecule has 0 saturated carbocycles. The van der Waals surface area contributed by atoms with Gasteiger partial charge in [-0.3, -0.25) is 9.78 Å². The minimum Gasteiger partial charge on any atom is -0.292 e. The Morgan fingerprint density at radius 1 is 1.11 bits per heavy atom. The van der Waals surface area contributed by atoms with Crippen molar-refractivity contribution in [1.29, 1.82) is 0 Å². The van der Waals surface area contributed by atoms with Crippen molar-refractivity contribution < 1.29 is 13.2 Å². The van der Waals surface area contributed by atoms with Crippen LogP contribution in [0.25, 0.3) is 0 Å². The van der Waals surface area contributed by atoms with Crippen molar-refractivity contribution in [1.82, 2.24) is 4.98 Å². The molecule has 0 atom stereocenters. The van der Waals surface area contributed by atoms with Crippen LogP contribution in [0.5, 0.6) is 0 Å². The monoisotopic (exact) mass is 275 g/mol. The van der Waals surface area contributed by atoms with Crippen LogP contribution in [0.3, 0.4) is 0 Å². The molecular formula is C14H13NO3S. The molecule has 4 nitrogen and oxygen atoms in total. The van der Waals surface area contributed by atoms with Crippen LogP contribution in [-0.4, -0.2) is 25.4 Å². The largest absolute Gasteiger partial charge is 0.292 e. The molecule has 2 rings (SSSR count). The van der Waals surface area contributed by atoms with Gasteiger partial charge in [-0.15, -0.1) is 0 Å². The summed E-state index contributed by atoms with van der Waals surface area (Å²) in [6.45, 7) is 0. The van der Waals surface area contributed by atoms with E-state index in [2.05, 4.69) is 4.98 Å². The summed E-state index contributed by atoms with van der Waals surface area (Å²) in [5.74, 6) is -0.0901. The first-order valence-corrected chi connectivity index (χ1v) is 7.59. The van der Waals surface area contributed by atoms with Gasteiger partial charge in [0.25, 0.3) is 0 Å². The molecule has 0 aliphatic carbocycles. The summed E-state index contributed by atoms with van der Waals surface area (Å²) in [5.41, 5.74) is 1.18. The van der Waals surface area contributed by atoms with Crippen molar-refractivity contribution in [3.63, 3.8) is 0 Å². The van der Waals surface area contributed by atoms with Gasteiger partial charge in [0.05, 0.1) is 4.90 Å². The molecule has 1 heterocycles. The second-order valence-electron chi connectivity index (χ2n) is 4.23. The van der Waals surface area contributed by atoms with Gasteiger partial charge in [0, 0.05) is 18.9 Å². The molecule has 0 radical (unpaired) electrons. The average Bonchev–Trinajstić information content (AvgIpc) is 2.39. The van der Waals surface area contributed by atoms with E-state index in [-0.39, 0.29) is 17.1 Å². The normalized spacial score (nSPS) is 11.2. The standard InChI is InChI=1S/C14H13NO3S/c1-19(17,18)12-7-5-11(6-8-12)10-14(16)13-4-2-3-9-15-13/h2-9H,10H2,1H3. The third kappa shape index (κ3) is 3.48. The average molecular weight is 275 g/mol. The topological polar surface area (TPSA) is 64.1 Å². The fourth-order valence-corrected chi connectivity index (χ4v) is 2.29. The Kier molecular flexibility index (Phi) is 3.76. The number of nitrogens with zero attached hydrogens (tertiary/aromatic N) is 1. The highest BCUT2D eigenvalue weighted by Crippen LogP contribution is 2.12. The summed E-state index contributed by atoms with van der Waals surface area (Å²) in [6.07, 6.45) is 2.93. The molecule has 0 aliphatic rings. The number of benzene rings is 1. The number of hydrogen-bond donors (Lipinski definition) is 0. The van der Waals surface area contributed by atoms with Crippen LogP contribution >= 0.6 is 0 Å². The van der Waals surface area contributed by atoms with Gasteiger partial charge in [-0.05, 0) is 29.8 Å². The lowest BCUT2D eigenvalue weighted by Crippen LogP contribution is -2.06. The molecule has 2 aromatic rings. The molecule has 98 valence electrons.